The number of benzene rings is 1. The molecule has 8 nitrogen and oxygen atoms in total. The Hall–Kier alpha value is -3.86. The van der Waals surface area contributed by atoms with Gasteiger partial charge >= 0.3 is 0 Å². The van der Waals surface area contributed by atoms with Gasteiger partial charge in [-0.3, -0.25) is 19.3 Å². The number of nitrogens with one attached hydrogen (secondary N) is 1. The van der Waals surface area contributed by atoms with Gasteiger partial charge < -0.3 is 14.6 Å². The number of aromatic nitrogens is 1. The molecule has 0 unspecified atom stereocenters. The maximum atomic E-state index is 12.5. The number of imide groups is 1. The average molecular weight is 434 g/mol. The van der Waals surface area contributed by atoms with Gasteiger partial charge in [0.2, 0.25) is 11.8 Å². The lowest BCUT2D eigenvalue weighted by atomic mass is 10.1. The fourth-order valence-corrected chi connectivity index (χ4v) is 3.77. The minimum absolute atomic E-state index is 0.00620. The number of carbonyl (C=O) groups is 3. The number of nitriles is 1. The van der Waals surface area contributed by atoms with E-state index in [1.807, 2.05) is 54.8 Å². The molecule has 1 aromatic carbocycles. The summed E-state index contributed by atoms with van der Waals surface area (Å²) in [5, 5.41) is 12.2. The summed E-state index contributed by atoms with van der Waals surface area (Å²) in [4.78, 5) is 36.9. The van der Waals surface area contributed by atoms with Crippen LogP contribution in [-0.2, 0) is 14.4 Å². The smallest absolute Gasteiger partial charge is 0.261 e. The molecule has 8 heteroatoms. The molecule has 0 radical (unpaired) electrons. The van der Waals surface area contributed by atoms with Gasteiger partial charge in [0.25, 0.3) is 5.91 Å². The molecule has 3 rings (SSSR count). The molecule has 1 aliphatic heterocycles. The summed E-state index contributed by atoms with van der Waals surface area (Å²) in [6, 6.07) is 11.5. The van der Waals surface area contributed by atoms with Gasteiger partial charge in [-0.25, -0.2) is 0 Å². The van der Waals surface area contributed by atoms with Gasteiger partial charge in [0, 0.05) is 43.0 Å². The van der Waals surface area contributed by atoms with Crippen molar-refractivity contribution in [3.63, 3.8) is 0 Å². The summed E-state index contributed by atoms with van der Waals surface area (Å²) < 4.78 is 7.25. The van der Waals surface area contributed by atoms with Gasteiger partial charge in [-0.1, -0.05) is 0 Å². The average Bonchev–Trinajstić information content (AvgIpc) is 3.26. The van der Waals surface area contributed by atoms with Crippen LogP contribution in [0.1, 0.15) is 36.2 Å². The first-order valence-corrected chi connectivity index (χ1v) is 10.4. The van der Waals surface area contributed by atoms with Crippen LogP contribution in [0.25, 0.3) is 11.8 Å². The minimum atomic E-state index is -0.485. The molecule has 0 spiro atoms. The van der Waals surface area contributed by atoms with Gasteiger partial charge in [-0.05, 0) is 62.2 Å². The summed E-state index contributed by atoms with van der Waals surface area (Å²) in [5.74, 6) is -0.0728. The number of hydrogen-bond acceptors (Lipinski definition) is 5. The lowest BCUT2D eigenvalue weighted by Gasteiger charge is -2.13. The lowest BCUT2D eigenvalue weighted by Crippen LogP contribution is -2.33. The third-order valence-corrected chi connectivity index (χ3v) is 5.46. The third kappa shape index (κ3) is 4.89. The Balaban J connectivity index is 1.67. The number of rotatable bonds is 8. The van der Waals surface area contributed by atoms with Crippen molar-refractivity contribution in [1.29, 1.82) is 5.26 Å². The number of ether oxygens (including phenoxy) is 1. The van der Waals surface area contributed by atoms with Crippen LogP contribution in [0.15, 0.2) is 35.9 Å². The molecule has 2 heterocycles. The van der Waals surface area contributed by atoms with Crippen molar-refractivity contribution in [3.05, 3.63) is 52.9 Å². The molecule has 1 aliphatic rings. The summed E-state index contributed by atoms with van der Waals surface area (Å²) in [6.07, 6.45) is 2.52. The summed E-state index contributed by atoms with van der Waals surface area (Å²) >= 11 is 0. The lowest BCUT2D eigenvalue weighted by molar-refractivity contribution is -0.138. The van der Waals surface area contributed by atoms with E-state index in [0.29, 0.717) is 6.42 Å². The van der Waals surface area contributed by atoms with Crippen LogP contribution in [0.4, 0.5) is 0 Å². The number of methoxy groups -OCH3 is 1. The predicted octanol–water partition coefficient (Wildman–Crippen LogP) is 2.67. The standard InChI is InChI=1S/C24H26N4O4/c1-16-13-18(17(2)28(16)20-5-7-21(32-3)8-6-20)14-19(15-25)24(31)26-11-4-12-27-22(29)9-10-23(27)30/h5-8,13-14H,4,9-12H2,1-3H3,(H,26,31)/b19-14-. The topological polar surface area (TPSA) is 104 Å². The second-order valence-corrected chi connectivity index (χ2v) is 7.58. The number of aryl methyl sites for hydroxylation is 1. The van der Waals surface area contributed by atoms with Crippen LogP contribution in [-0.4, -0.2) is 47.4 Å². The van der Waals surface area contributed by atoms with Crippen LogP contribution < -0.4 is 10.1 Å². The molecule has 1 saturated heterocycles. The number of carbonyl (C=O) groups excluding carboxylic acids is 3. The van der Waals surface area contributed by atoms with Crippen LogP contribution in [0.2, 0.25) is 0 Å². The van der Waals surface area contributed by atoms with E-state index in [1.54, 1.807) is 13.2 Å². The molecule has 0 atom stereocenters. The van der Waals surface area contributed by atoms with E-state index in [4.69, 9.17) is 4.74 Å². The summed E-state index contributed by atoms with van der Waals surface area (Å²) in [7, 11) is 1.62. The molecule has 2 aromatic rings. The van der Waals surface area contributed by atoms with Crippen LogP contribution in [0.5, 0.6) is 5.75 Å². The highest BCUT2D eigenvalue weighted by Crippen LogP contribution is 2.24. The highest BCUT2D eigenvalue weighted by molar-refractivity contribution is 6.02. The Morgan fingerprint density at radius 2 is 1.84 bits per heavy atom. The summed E-state index contributed by atoms with van der Waals surface area (Å²) in [6.45, 7) is 4.42. The number of amides is 3. The monoisotopic (exact) mass is 434 g/mol. The molecule has 1 fully saturated rings. The Bertz CT molecular complexity index is 1090. The largest absolute Gasteiger partial charge is 0.497 e. The van der Waals surface area contributed by atoms with Crippen molar-refractivity contribution in [2.45, 2.75) is 33.1 Å². The van der Waals surface area contributed by atoms with Gasteiger partial charge in [0.05, 0.1) is 7.11 Å². The quantitative estimate of drug-likeness (QED) is 0.298. The maximum Gasteiger partial charge on any atom is 0.261 e. The first-order chi connectivity index (χ1) is 15.3. The maximum absolute atomic E-state index is 12.5. The van der Waals surface area contributed by atoms with E-state index in [-0.39, 0.29) is 43.3 Å². The fraction of sp³-hybridized carbons (Fsp3) is 0.333. The SMILES string of the molecule is COc1ccc(-n2c(C)cc(/C=C(/C#N)C(=O)NCCCN3C(=O)CCC3=O)c2C)cc1. The van der Waals surface area contributed by atoms with Crippen LogP contribution >= 0.6 is 0 Å². The highest BCUT2D eigenvalue weighted by Gasteiger charge is 2.28. The van der Waals surface area contributed by atoms with Crippen molar-refractivity contribution in [1.82, 2.24) is 14.8 Å². The van der Waals surface area contributed by atoms with Gasteiger partial charge in [0.1, 0.15) is 17.4 Å². The zero-order chi connectivity index (χ0) is 23.3. The van der Waals surface area contributed by atoms with Crippen LogP contribution in [0.3, 0.4) is 0 Å². The molecular formula is C24H26N4O4. The fourth-order valence-electron chi connectivity index (χ4n) is 3.77. The van der Waals surface area contributed by atoms with E-state index < -0.39 is 5.91 Å². The first kappa shape index (κ1) is 22.8. The molecule has 1 aromatic heterocycles. The van der Waals surface area contributed by atoms with Gasteiger partial charge in [-0.2, -0.15) is 5.26 Å². The third-order valence-electron chi connectivity index (χ3n) is 5.46. The number of nitrogens with zero attached hydrogens (tertiary/aromatic N) is 3. The molecule has 1 N–H and O–H groups in total. The molecule has 32 heavy (non-hydrogen) atoms. The van der Waals surface area contributed by atoms with Crippen molar-refractivity contribution < 1.29 is 19.1 Å². The molecule has 166 valence electrons. The van der Waals surface area contributed by atoms with Crippen LogP contribution in [0, 0.1) is 25.2 Å². The number of likely N-dealkylation sites (tertiary alicyclic amines) is 1. The minimum Gasteiger partial charge on any atom is -0.497 e. The highest BCUT2D eigenvalue weighted by atomic mass is 16.5. The Kier molecular flexibility index (Phi) is 7.11. The molecule has 3 amide bonds. The second-order valence-electron chi connectivity index (χ2n) is 7.58. The second kappa shape index (κ2) is 9.96. The molecule has 0 saturated carbocycles. The normalized spacial score (nSPS) is 13.9. The predicted molar refractivity (Wildman–Crippen MR) is 119 cm³/mol. The molecule has 0 aliphatic carbocycles. The van der Waals surface area contributed by atoms with Crippen molar-refractivity contribution in [2.75, 3.05) is 20.2 Å². The van der Waals surface area contributed by atoms with E-state index in [9.17, 15) is 19.6 Å². The first-order valence-electron chi connectivity index (χ1n) is 10.4. The Morgan fingerprint density at radius 1 is 1.19 bits per heavy atom. The van der Waals surface area contributed by atoms with Gasteiger partial charge in [0.15, 0.2) is 0 Å². The molecule has 0 bridgehead atoms. The van der Waals surface area contributed by atoms with Crippen molar-refractivity contribution >= 4 is 23.8 Å². The Morgan fingerprint density at radius 3 is 2.44 bits per heavy atom. The zero-order valence-corrected chi connectivity index (χ0v) is 18.5. The van der Waals surface area contributed by atoms with Gasteiger partial charge in [-0.15, -0.1) is 0 Å². The van der Waals surface area contributed by atoms with Crippen molar-refractivity contribution in [2.24, 2.45) is 0 Å². The molecular weight excluding hydrogens is 408 g/mol. The van der Waals surface area contributed by atoms with E-state index in [2.05, 4.69) is 5.32 Å². The van der Waals surface area contributed by atoms with E-state index >= 15 is 0 Å². The zero-order valence-electron chi connectivity index (χ0n) is 18.5. The Labute approximate surface area is 187 Å². The number of hydrogen-bond donors (Lipinski definition) is 1. The van der Waals surface area contributed by atoms with Crippen molar-refractivity contribution in [3.8, 4) is 17.5 Å². The van der Waals surface area contributed by atoms with E-state index in [1.165, 1.54) is 4.90 Å². The summed E-state index contributed by atoms with van der Waals surface area (Å²) in [5.41, 5.74) is 3.59. The van der Waals surface area contributed by atoms with E-state index in [0.717, 1.165) is 28.4 Å².